The topological polar surface area (TPSA) is 49.5 Å². The minimum absolute atomic E-state index is 0.106. The molecule has 0 saturated carbocycles. The number of rotatable bonds is 7. The molecule has 0 unspecified atom stereocenters. The van der Waals surface area contributed by atoms with E-state index in [1.54, 1.807) is 0 Å². The molecule has 0 aliphatic rings. The minimum atomic E-state index is 0.106. The predicted octanol–water partition coefficient (Wildman–Crippen LogP) is 2.08. The van der Waals surface area contributed by atoms with Gasteiger partial charge in [0.15, 0.2) is 0 Å². The van der Waals surface area contributed by atoms with E-state index in [-0.39, 0.29) is 12.6 Å². The number of aliphatic hydroxyl groups is 1. The summed E-state index contributed by atoms with van der Waals surface area (Å²) >= 11 is 0. The van der Waals surface area contributed by atoms with Gasteiger partial charge in [-0.05, 0) is 24.1 Å². The highest BCUT2D eigenvalue weighted by Crippen LogP contribution is 2.19. The molecule has 17 heavy (non-hydrogen) atoms. The number of anilines is 1. The van der Waals surface area contributed by atoms with Gasteiger partial charge in [-0.3, -0.25) is 0 Å². The second-order valence-corrected chi connectivity index (χ2v) is 4.06. The third-order valence-corrected chi connectivity index (χ3v) is 2.85. The smallest absolute Gasteiger partial charge is 0.0606 e. The van der Waals surface area contributed by atoms with E-state index in [2.05, 4.69) is 30.5 Å². The third-order valence-electron chi connectivity index (χ3n) is 2.85. The summed E-state index contributed by atoms with van der Waals surface area (Å²) in [5.41, 5.74) is 8.21. The van der Waals surface area contributed by atoms with Crippen molar-refractivity contribution in [1.82, 2.24) is 0 Å². The summed E-state index contributed by atoms with van der Waals surface area (Å²) in [7, 11) is 0. The maximum Gasteiger partial charge on any atom is 0.0606 e. The van der Waals surface area contributed by atoms with Crippen LogP contribution in [0.3, 0.4) is 0 Å². The summed E-state index contributed by atoms with van der Waals surface area (Å²) in [5.74, 6) is 0. The van der Waals surface area contributed by atoms with Gasteiger partial charge in [-0.15, -0.1) is 6.58 Å². The molecule has 1 atom stereocenters. The average Bonchev–Trinajstić information content (AvgIpc) is 2.38. The molecule has 0 aliphatic carbocycles. The zero-order chi connectivity index (χ0) is 12.7. The van der Waals surface area contributed by atoms with Gasteiger partial charge in [-0.2, -0.15) is 0 Å². The first-order chi connectivity index (χ1) is 8.22. The molecule has 3 nitrogen and oxygen atoms in total. The summed E-state index contributed by atoms with van der Waals surface area (Å²) < 4.78 is 0. The first-order valence-electron chi connectivity index (χ1n) is 6.05. The first-order valence-corrected chi connectivity index (χ1v) is 6.05. The highest BCUT2D eigenvalue weighted by atomic mass is 16.3. The Labute approximate surface area is 104 Å². The Kier molecular flexibility index (Phi) is 5.73. The van der Waals surface area contributed by atoms with Gasteiger partial charge in [0, 0.05) is 24.8 Å². The lowest BCUT2D eigenvalue weighted by Crippen LogP contribution is -2.26. The minimum Gasteiger partial charge on any atom is -0.395 e. The number of nitrogens with zero attached hydrogens (tertiary/aromatic N) is 1. The molecule has 1 aromatic rings. The Morgan fingerprint density at radius 2 is 2.06 bits per heavy atom. The zero-order valence-electron chi connectivity index (χ0n) is 10.5. The molecule has 1 aromatic carbocycles. The summed E-state index contributed by atoms with van der Waals surface area (Å²) in [6.45, 7) is 7.30. The van der Waals surface area contributed by atoms with Crippen molar-refractivity contribution in [2.45, 2.75) is 19.4 Å². The van der Waals surface area contributed by atoms with Crippen molar-refractivity contribution in [1.29, 1.82) is 0 Å². The maximum absolute atomic E-state index is 9.01. The molecule has 0 radical (unpaired) electrons. The maximum atomic E-state index is 9.01. The number of nitrogens with two attached hydrogens (primary N) is 1. The van der Waals surface area contributed by atoms with Crippen LogP contribution in [0.25, 0.3) is 0 Å². The molecule has 0 aromatic heterocycles. The Morgan fingerprint density at radius 3 is 2.53 bits per heavy atom. The van der Waals surface area contributed by atoms with Gasteiger partial charge in [-0.1, -0.05) is 25.1 Å². The molecule has 0 heterocycles. The molecule has 0 aliphatic heterocycles. The van der Waals surface area contributed by atoms with Crippen LogP contribution in [0.1, 0.15) is 24.9 Å². The van der Waals surface area contributed by atoms with Crippen molar-refractivity contribution < 1.29 is 5.11 Å². The van der Waals surface area contributed by atoms with Crippen LogP contribution in [0.15, 0.2) is 36.9 Å². The van der Waals surface area contributed by atoms with E-state index in [4.69, 9.17) is 10.8 Å². The predicted molar refractivity (Wildman–Crippen MR) is 73.2 cm³/mol. The molecule has 3 N–H and O–H groups in total. The lowest BCUT2D eigenvalue weighted by atomic mass is 10.1. The SMILES string of the molecule is C=CCN(CCO)c1ccc([C@H](N)CC)cc1. The van der Waals surface area contributed by atoms with Gasteiger partial charge in [0.1, 0.15) is 0 Å². The molecule has 0 fully saturated rings. The number of benzene rings is 1. The third kappa shape index (κ3) is 3.88. The van der Waals surface area contributed by atoms with Crippen LogP contribution in [0.5, 0.6) is 0 Å². The van der Waals surface area contributed by atoms with Gasteiger partial charge >= 0.3 is 0 Å². The molecule has 0 saturated heterocycles. The summed E-state index contributed by atoms with van der Waals surface area (Å²) in [6, 6.07) is 8.30. The zero-order valence-corrected chi connectivity index (χ0v) is 10.5. The van der Waals surface area contributed by atoms with Crippen LogP contribution in [-0.2, 0) is 0 Å². The summed E-state index contributed by atoms with van der Waals surface area (Å²) in [5, 5.41) is 9.01. The van der Waals surface area contributed by atoms with E-state index in [9.17, 15) is 0 Å². The molecular weight excluding hydrogens is 212 g/mol. The Morgan fingerprint density at radius 1 is 1.41 bits per heavy atom. The van der Waals surface area contributed by atoms with Gasteiger partial charge in [0.2, 0.25) is 0 Å². The number of hydrogen-bond acceptors (Lipinski definition) is 3. The lowest BCUT2D eigenvalue weighted by Gasteiger charge is -2.22. The Balaban J connectivity index is 2.79. The van der Waals surface area contributed by atoms with E-state index in [1.165, 1.54) is 0 Å². The molecule has 1 rings (SSSR count). The fraction of sp³-hybridized carbons (Fsp3) is 0.429. The largest absolute Gasteiger partial charge is 0.395 e. The van der Waals surface area contributed by atoms with E-state index in [0.717, 1.165) is 24.2 Å². The lowest BCUT2D eigenvalue weighted by molar-refractivity contribution is 0.303. The van der Waals surface area contributed by atoms with Gasteiger partial charge in [-0.25, -0.2) is 0 Å². The number of aliphatic hydroxyl groups excluding tert-OH is 1. The molecular formula is C14H22N2O. The molecule has 94 valence electrons. The van der Waals surface area contributed by atoms with Gasteiger partial charge in [0.05, 0.1) is 6.61 Å². The van der Waals surface area contributed by atoms with Crippen LogP contribution >= 0.6 is 0 Å². The second-order valence-electron chi connectivity index (χ2n) is 4.06. The van der Waals surface area contributed by atoms with E-state index >= 15 is 0 Å². The van der Waals surface area contributed by atoms with Crippen molar-refractivity contribution >= 4 is 5.69 Å². The highest BCUT2D eigenvalue weighted by Gasteiger charge is 2.06. The van der Waals surface area contributed by atoms with Crippen molar-refractivity contribution in [3.8, 4) is 0 Å². The average molecular weight is 234 g/mol. The van der Waals surface area contributed by atoms with E-state index < -0.39 is 0 Å². The van der Waals surface area contributed by atoms with Crippen molar-refractivity contribution in [3.63, 3.8) is 0 Å². The standard InChI is InChI=1S/C14H22N2O/c1-3-9-16(10-11-17)13-7-5-12(6-8-13)14(15)4-2/h3,5-8,14,17H,1,4,9-11,15H2,2H3/t14-/m1/s1. The highest BCUT2D eigenvalue weighted by molar-refractivity contribution is 5.48. The van der Waals surface area contributed by atoms with Crippen LogP contribution in [0.2, 0.25) is 0 Å². The van der Waals surface area contributed by atoms with Gasteiger partial charge < -0.3 is 15.7 Å². The summed E-state index contributed by atoms with van der Waals surface area (Å²) in [4.78, 5) is 2.08. The first kappa shape index (κ1) is 13.7. The fourth-order valence-corrected chi connectivity index (χ4v) is 1.77. The van der Waals surface area contributed by atoms with E-state index in [1.807, 2.05) is 18.2 Å². The van der Waals surface area contributed by atoms with E-state index in [0.29, 0.717) is 6.54 Å². The normalized spacial score (nSPS) is 12.2. The Hall–Kier alpha value is -1.32. The van der Waals surface area contributed by atoms with Crippen LogP contribution in [0.4, 0.5) is 5.69 Å². The Bertz CT molecular complexity index is 335. The van der Waals surface area contributed by atoms with Gasteiger partial charge in [0.25, 0.3) is 0 Å². The van der Waals surface area contributed by atoms with Crippen molar-refractivity contribution in [3.05, 3.63) is 42.5 Å². The quantitative estimate of drug-likeness (QED) is 0.710. The number of hydrogen-bond donors (Lipinski definition) is 2. The van der Waals surface area contributed by atoms with Crippen LogP contribution in [0, 0.1) is 0 Å². The fourth-order valence-electron chi connectivity index (χ4n) is 1.77. The molecule has 0 spiro atoms. The monoisotopic (exact) mass is 234 g/mol. The second kappa shape index (κ2) is 7.09. The van der Waals surface area contributed by atoms with Crippen LogP contribution < -0.4 is 10.6 Å². The summed E-state index contributed by atoms with van der Waals surface area (Å²) in [6.07, 6.45) is 2.77. The molecule has 0 bridgehead atoms. The van der Waals surface area contributed by atoms with Crippen LogP contribution in [-0.4, -0.2) is 24.8 Å². The molecule has 0 amide bonds. The van der Waals surface area contributed by atoms with Crippen molar-refractivity contribution in [2.75, 3.05) is 24.6 Å². The van der Waals surface area contributed by atoms with Crippen molar-refractivity contribution in [2.24, 2.45) is 5.73 Å². The molecule has 3 heteroatoms.